The quantitative estimate of drug-likeness (QED) is 0.812. The fraction of sp³-hybridized carbons (Fsp3) is 0.688. The summed E-state index contributed by atoms with van der Waals surface area (Å²) in [4.78, 5) is 25.1. The van der Waals surface area contributed by atoms with Gasteiger partial charge in [-0.15, -0.1) is 0 Å². The van der Waals surface area contributed by atoms with Gasteiger partial charge in [0, 0.05) is 32.7 Å². The van der Waals surface area contributed by atoms with Crippen LogP contribution in [0.15, 0.2) is 12.4 Å². The Morgan fingerprint density at radius 3 is 2.74 bits per heavy atom. The monoisotopic (exact) mass is 320 g/mol. The van der Waals surface area contributed by atoms with Crippen LogP contribution in [0, 0.1) is 5.92 Å². The molecule has 1 aromatic rings. The van der Waals surface area contributed by atoms with Crippen molar-refractivity contribution in [3.8, 4) is 5.75 Å². The van der Waals surface area contributed by atoms with Gasteiger partial charge in [0.25, 0.3) is 5.91 Å². The van der Waals surface area contributed by atoms with Crippen molar-refractivity contribution in [2.45, 2.75) is 12.8 Å². The van der Waals surface area contributed by atoms with E-state index < -0.39 is 0 Å². The molecule has 1 atom stereocenters. The molecule has 7 nitrogen and oxygen atoms in total. The van der Waals surface area contributed by atoms with E-state index in [0.717, 1.165) is 52.4 Å². The van der Waals surface area contributed by atoms with E-state index in [1.54, 1.807) is 7.11 Å². The van der Waals surface area contributed by atoms with E-state index in [4.69, 9.17) is 9.47 Å². The summed E-state index contributed by atoms with van der Waals surface area (Å²) >= 11 is 0. The zero-order chi connectivity index (χ0) is 16.1. The molecule has 1 aromatic heterocycles. The fourth-order valence-electron chi connectivity index (χ4n) is 3.22. The molecule has 23 heavy (non-hydrogen) atoms. The van der Waals surface area contributed by atoms with Crippen LogP contribution in [0.4, 0.5) is 0 Å². The first-order valence-electron chi connectivity index (χ1n) is 8.21. The maximum absolute atomic E-state index is 12.6. The highest BCUT2D eigenvalue weighted by Gasteiger charge is 2.27. The molecule has 0 unspecified atom stereocenters. The lowest BCUT2D eigenvalue weighted by Crippen LogP contribution is -2.46. The van der Waals surface area contributed by atoms with Gasteiger partial charge >= 0.3 is 0 Å². The average molecular weight is 320 g/mol. The number of methoxy groups -OCH3 is 1. The van der Waals surface area contributed by atoms with E-state index in [1.807, 2.05) is 4.90 Å². The van der Waals surface area contributed by atoms with Crippen LogP contribution in [0.5, 0.6) is 5.75 Å². The normalized spacial score (nSPS) is 22.8. The number of aromatic nitrogens is 2. The van der Waals surface area contributed by atoms with E-state index in [-0.39, 0.29) is 11.7 Å². The van der Waals surface area contributed by atoms with Gasteiger partial charge in [0.1, 0.15) is 0 Å². The van der Waals surface area contributed by atoms with Crippen molar-refractivity contribution in [3.05, 3.63) is 18.2 Å². The first-order chi connectivity index (χ1) is 11.3. The third kappa shape index (κ3) is 4.17. The molecular formula is C16H24N4O3. The van der Waals surface area contributed by atoms with Crippen LogP contribution in [0.1, 0.15) is 23.5 Å². The predicted octanol–water partition coefficient (Wildman–Crippen LogP) is 0.670. The number of morpholine rings is 1. The second-order valence-corrected chi connectivity index (χ2v) is 6.12. The van der Waals surface area contributed by atoms with Gasteiger partial charge in [-0.25, -0.2) is 9.97 Å². The van der Waals surface area contributed by atoms with Crippen LogP contribution in [-0.2, 0) is 4.74 Å². The number of hydrogen-bond acceptors (Lipinski definition) is 6. The molecule has 126 valence electrons. The van der Waals surface area contributed by atoms with Gasteiger partial charge < -0.3 is 14.4 Å². The SMILES string of the molecule is COc1cnc(C(=O)N2CCC[C@H](CN3CCOCC3)C2)nc1. The van der Waals surface area contributed by atoms with Gasteiger partial charge in [-0.05, 0) is 18.8 Å². The summed E-state index contributed by atoms with van der Waals surface area (Å²) in [6, 6.07) is 0. The van der Waals surface area contributed by atoms with Crippen molar-refractivity contribution in [2.75, 3.05) is 53.0 Å². The summed E-state index contributed by atoms with van der Waals surface area (Å²) in [6.07, 6.45) is 5.28. The smallest absolute Gasteiger partial charge is 0.291 e. The number of likely N-dealkylation sites (tertiary alicyclic amines) is 1. The topological polar surface area (TPSA) is 67.8 Å². The average Bonchev–Trinajstić information content (AvgIpc) is 2.62. The van der Waals surface area contributed by atoms with E-state index in [2.05, 4.69) is 14.9 Å². The molecule has 0 bridgehead atoms. The molecule has 2 aliphatic heterocycles. The molecule has 0 radical (unpaired) electrons. The first kappa shape index (κ1) is 16.1. The Morgan fingerprint density at radius 1 is 1.30 bits per heavy atom. The molecule has 0 saturated carbocycles. The summed E-state index contributed by atoms with van der Waals surface area (Å²) in [7, 11) is 1.56. The molecule has 0 spiro atoms. The van der Waals surface area contributed by atoms with Gasteiger partial charge in [-0.1, -0.05) is 0 Å². The molecule has 0 N–H and O–H groups in total. The largest absolute Gasteiger partial charge is 0.494 e. The maximum Gasteiger partial charge on any atom is 0.291 e. The van der Waals surface area contributed by atoms with Crippen molar-refractivity contribution in [2.24, 2.45) is 5.92 Å². The third-order valence-electron chi connectivity index (χ3n) is 4.48. The lowest BCUT2D eigenvalue weighted by atomic mass is 9.97. The molecular weight excluding hydrogens is 296 g/mol. The van der Waals surface area contributed by atoms with E-state index >= 15 is 0 Å². The Balaban J connectivity index is 1.57. The molecule has 2 saturated heterocycles. The minimum absolute atomic E-state index is 0.0840. The number of amides is 1. The number of carbonyl (C=O) groups is 1. The van der Waals surface area contributed by atoms with Crippen molar-refractivity contribution in [3.63, 3.8) is 0 Å². The lowest BCUT2D eigenvalue weighted by molar-refractivity contribution is 0.0222. The van der Waals surface area contributed by atoms with E-state index in [1.165, 1.54) is 18.8 Å². The zero-order valence-corrected chi connectivity index (χ0v) is 13.6. The summed E-state index contributed by atoms with van der Waals surface area (Å²) in [6.45, 7) is 6.22. The summed E-state index contributed by atoms with van der Waals surface area (Å²) in [5, 5.41) is 0. The van der Waals surface area contributed by atoms with Crippen LogP contribution < -0.4 is 4.74 Å². The Kier molecular flexibility index (Phi) is 5.40. The number of carbonyl (C=O) groups excluding carboxylic acids is 1. The van der Waals surface area contributed by atoms with Gasteiger partial charge in [0.2, 0.25) is 5.82 Å². The van der Waals surface area contributed by atoms with Crippen molar-refractivity contribution < 1.29 is 14.3 Å². The highest BCUT2D eigenvalue weighted by Crippen LogP contribution is 2.19. The second-order valence-electron chi connectivity index (χ2n) is 6.12. The highest BCUT2D eigenvalue weighted by molar-refractivity contribution is 5.90. The first-order valence-corrected chi connectivity index (χ1v) is 8.21. The molecule has 1 amide bonds. The molecule has 3 rings (SSSR count). The molecule has 3 heterocycles. The van der Waals surface area contributed by atoms with Crippen molar-refractivity contribution >= 4 is 5.91 Å². The number of nitrogens with zero attached hydrogens (tertiary/aromatic N) is 4. The van der Waals surface area contributed by atoms with Gasteiger partial charge in [0.05, 0.1) is 32.7 Å². The second kappa shape index (κ2) is 7.70. The number of rotatable bonds is 4. The lowest BCUT2D eigenvalue weighted by Gasteiger charge is -2.36. The Morgan fingerprint density at radius 2 is 2.04 bits per heavy atom. The molecule has 7 heteroatoms. The number of ether oxygens (including phenoxy) is 2. The Bertz CT molecular complexity index is 517. The number of piperidine rings is 1. The van der Waals surface area contributed by atoms with Crippen LogP contribution in [-0.4, -0.2) is 78.7 Å². The third-order valence-corrected chi connectivity index (χ3v) is 4.48. The van der Waals surface area contributed by atoms with Crippen molar-refractivity contribution in [1.82, 2.24) is 19.8 Å². The van der Waals surface area contributed by atoms with E-state index in [0.29, 0.717) is 11.7 Å². The predicted molar refractivity (Wildman–Crippen MR) is 84.5 cm³/mol. The summed E-state index contributed by atoms with van der Waals surface area (Å²) in [5.41, 5.74) is 0. The Labute approximate surface area is 136 Å². The van der Waals surface area contributed by atoms with Crippen molar-refractivity contribution in [1.29, 1.82) is 0 Å². The zero-order valence-electron chi connectivity index (χ0n) is 13.6. The van der Waals surface area contributed by atoms with Crippen LogP contribution in [0.2, 0.25) is 0 Å². The van der Waals surface area contributed by atoms with Gasteiger partial charge in [0.15, 0.2) is 5.75 Å². The minimum Gasteiger partial charge on any atom is -0.494 e. The Hall–Kier alpha value is -1.73. The highest BCUT2D eigenvalue weighted by atomic mass is 16.5. The van der Waals surface area contributed by atoms with E-state index in [9.17, 15) is 4.79 Å². The van der Waals surface area contributed by atoms with Crippen LogP contribution >= 0.6 is 0 Å². The number of hydrogen-bond donors (Lipinski definition) is 0. The maximum atomic E-state index is 12.6. The fourth-order valence-corrected chi connectivity index (χ4v) is 3.22. The standard InChI is InChI=1S/C16H24N4O3/c1-22-14-9-17-15(18-10-14)16(21)20-4-2-3-13(12-20)11-19-5-7-23-8-6-19/h9-10,13H,2-8,11-12H2,1H3/t13-/m1/s1. The molecule has 2 aliphatic rings. The molecule has 0 aromatic carbocycles. The summed E-state index contributed by atoms with van der Waals surface area (Å²) < 4.78 is 10.4. The van der Waals surface area contributed by atoms with Gasteiger partial charge in [-0.3, -0.25) is 9.69 Å². The van der Waals surface area contributed by atoms with Crippen LogP contribution in [0.25, 0.3) is 0 Å². The van der Waals surface area contributed by atoms with Gasteiger partial charge in [-0.2, -0.15) is 0 Å². The minimum atomic E-state index is -0.0840. The molecule has 2 fully saturated rings. The summed E-state index contributed by atoms with van der Waals surface area (Å²) in [5.74, 6) is 1.24. The molecule has 0 aliphatic carbocycles. The van der Waals surface area contributed by atoms with Crippen LogP contribution in [0.3, 0.4) is 0 Å².